The first kappa shape index (κ1) is 15.9. The summed E-state index contributed by atoms with van der Waals surface area (Å²) in [5.41, 5.74) is 0.422. The highest BCUT2D eigenvalue weighted by Gasteiger charge is 2.42. The molecule has 1 N–H and O–H groups in total. The summed E-state index contributed by atoms with van der Waals surface area (Å²) in [7, 11) is 0. The summed E-state index contributed by atoms with van der Waals surface area (Å²) < 4.78 is 14.5. The van der Waals surface area contributed by atoms with Crippen LogP contribution < -0.4 is 0 Å². The first-order valence-corrected chi connectivity index (χ1v) is 7.68. The third-order valence-electron chi connectivity index (χ3n) is 3.97. The molecule has 2 atom stereocenters. The van der Waals surface area contributed by atoms with Crippen molar-refractivity contribution in [2.75, 3.05) is 6.54 Å². The number of hydrogen-bond donors (Lipinski definition) is 1. The van der Waals surface area contributed by atoms with E-state index >= 15 is 0 Å². The van der Waals surface area contributed by atoms with Crippen LogP contribution in [0.15, 0.2) is 22.7 Å². The lowest BCUT2D eigenvalue weighted by atomic mass is 9.73. The van der Waals surface area contributed by atoms with Gasteiger partial charge in [-0.2, -0.15) is 0 Å². The largest absolute Gasteiger partial charge is 0.481 e. The molecule has 0 bridgehead atoms. The van der Waals surface area contributed by atoms with Gasteiger partial charge in [0, 0.05) is 23.1 Å². The van der Waals surface area contributed by atoms with Crippen molar-refractivity contribution in [3.8, 4) is 0 Å². The Hall–Kier alpha value is -1.43. The van der Waals surface area contributed by atoms with E-state index in [1.54, 1.807) is 12.1 Å². The average Bonchev–Trinajstić information content (AvgIpc) is 2.37. The molecule has 1 aromatic rings. The number of carbonyl (C=O) groups is 2. The maximum atomic E-state index is 13.8. The standard InChI is InChI=1S/C15H17BrFNO3/c1-2-18(8-9-7-10(16)3-6-13(9)17)14(19)11-4-5-12(11)15(20)21/h3,6-7,11-12H,2,4-5,8H2,1H3,(H,20,21). The predicted molar refractivity (Wildman–Crippen MR) is 79.0 cm³/mol. The summed E-state index contributed by atoms with van der Waals surface area (Å²) >= 11 is 3.28. The lowest BCUT2D eigenvalue weighted by Crippen LogP contribution is -2.45. The molecule has 1 fully saturated rings. The zero-order valence-electron chi connectivity index (χ0n) is 11.7. The Morgan fingerprint density at radius 3 is 2.57 bits per heavy atom. The van der Waals surface area contributed by atoms with Gasteiger partial charge in [-0.1, -0.05) is 15.9 Å². The summed E-state index contributed by atoms with van der Waals surface area (Å²) in [6.45, 7) is 2.39. The van der Waals surface area contributed by atoms with Gasteiger partial charge in [0.2, 0.25) is 5.91 Å². The van der Waals surface area contributed by atoms with Gasteiger partial charge >= 0.3 is 5.97 Å². The maximum Gasteiger partial charge on any atom is 0.307 e. The molecule has 2 rings (SSSR count). The van der Waals surface area contributed by atoms with Gasteiger partial charge in [0.15, 0.2) is 0 Å². The SMILES string of the molecule is CCN(Cc1cc(Br)ccc1F)C(=O)C1CCC1C(=O)O. The van der Waals surface area contributed by atoms with Crippen molar-refractivity contribution < 1.29 is 19.1 Å². The van der Waals surface area contributed by atoms with E-state index in [-0.39, 0.29) is 18.3 Å². The molecule has 4 nitrogen and oxygen atoms in total. The summed E-state index contributed by atoms with van der Waals surface area (Å²) in [5.74, 6) is -2.57. The lowest BCUT2D eigenvalue weighted by molar-refractivity contribution is -0.156. The van der Waals surface area contributed by atoms with Gasteiger partial charge in [-0.3, -0.25) is 9.59 Å². The van der Waals surface area contributed by atoms with E-state index in [4.69, 9.17) is 5.11 Å². The highest BCUT2D eigenvalue weighted by Crippen LogP contribution is 2.36. The number of nitrogens with zero attached hydrogens (tertiary/aromatic N) is 1. The fourth-order valence-corrected chi connectivity index (χ4v) is 2.95. The van der Waals surface area contributed by atoms with E-state index in [0.717, 1.165) is 4.47 Å². The molecule has 0 aromatic heterocycles. The normalized spacial score (nSPS) is 20.7. The summed E-state index contributed by atoms with van der Waals surface area (Å²) in [4.78, 5) is 24.9. The Balaban J connectivity index is 2.11. The summed E-state index contributed by atoms with van der Waals surface area (Å²) in [6, 6.07) is 4.59. The molecule has 0 aliphatic heterocycles. The number of carbonyl (C=O) groups excluding carboxylic acids is 1. The van der Waals surface area contributed by atoms with Crippen LogP contribution in [0.4, 0.5) is 4.39 Å². The zero-order valence-corrected chi connectivity index (χ0v) is 13.3. The van der Waals surface area contributed by atoms with Gasteiger partial charge in [-0.15, -0.1) is 0 Å². The zero-order chi connectivity index (χ0) is 15.6. The Bertz CT molecular complexity index is 564. The summed E-state index contributed by atoms with van der Waals surface area (Å²) in [6.07, 6.45) is 1.13. The van der Waals surface area contributed by atoms with Crippen LogP contribution in [0.1, 0.15) is 25.3 Å². The first-order chi connectivity index (χ1) is 9.93. The van der Waals surface area contributed by atoms with Crippen molar-refractivity contribution in [3.05, 3.63) is 34.1 Å². The van der Waals surface area contributed by atoms with Crippen molar-refractivity contribution in [2.24, 2.45) is 11.8 Å². The molecule has 1 saturated carbocycles. The average molecular weight is 358 g/mol. The van der Waals surface area contributed by atoms with Crippen LogP contribution >= 0.6 is 15.9 Å². The van der Waals surface area contributed by atoms with Gasteiger partial charge < -0.3 is 10.0 Å². The minimum atomic E-state index is -0.927. The minimum Gasteiger partial charge on any atom is -0.481 e. The second kappa shape index (κ2) is 6.56. The third-order valence-corrected chi connectivity index (χ3v) is 4.46. The van der Waals surface area contributed by atoms with Crippen LogP contribution in [0.25, 0.3) is 0 Å². The van der Waals surface area contributed by atoms with Gasteiger partial charge in [-0.05, 0) is 38.0 Å². The van der Waals surface area contributed by atoms with Crippen molar-refractivity contribution in [3.63, 3.8) is 0 Å². The van der Waals surface area contributed by atoms with Crippen LogP contribution in [-0.2, 0) is 16.1 Å². The van der Waals surface area contributed by atoms with Crippen molar-refractivity contribution in [1.29, 1.82) is 0 Å². The number of benzene rings is 1. The monoisotopic (exact) mass is 357 g/mol. The van der Waals surface area contributed by atoms with Crippen molar-refractivity contribution >= 4 is 27.8 Å². The van der Waals surface area contributed by atoms with E-state index in [1.165, 1.54) is 11.0 Å². The van der Waals surface area contributed by atoms with E-state index in [2.05, 4.69) is 15.9 Å². The Morgan fingerprint density at radius 2 is 2.05 bits per heavy atom. The van der Waals surface area contributed by atoms with Crippen molar-refractivity contribution in [2.45, 2.75) is 26.3 Å². The topological polar surface area (TPSA) is 57.6 Å². The molecule has 21 heavy (non-hydrogen) atoms. The third kappa shape index (κ3) is 3.43. The predicted octanol–water partition coefficient (Wildman–Crippen LogP) is 3.05. The van der Waals surface area contributed by atoms with Gasteiger partial charge in [-0.25, -0.2) is 4.39 Å². The maximum absolute atomic E-state index is 13.8. The second-order valence-corrected chi connectivity index (χ2v) is 6.13. The minimum absolute atomic E-state index is 0.156. The highest BCUT2D eigenvalue weighted by atomic mass is 79.9. The Kier molecular flexibility index (Phi) is 4.98. The number of carboxylic acid groups (broad SMARTS) is 1. The molecule has 2 unspecified atom stereocenters. The molecule has 0 heterocycles. The molecular weight excluding hydrogens is 341 g/mol. The molecule has 1 aliphatic carbocycles. The van der Waals surface area contributed by atoms with E-state index < -0.39 is 17.8 Å². The molecule has 114 valence electrons. The molecular formula is C15H17BrFNO3. The quantitative estimate of drug-likeness (QED) is 0.880. The smallest absolute Gasteiger partial charge is 0.307 e. The molecule has 1 aliphatic rings. The van der Waals surface area contributed by atoms with Crippen LogP contribution in [-0.4, -0.2) is 28.4 Å². The number of halogens is 2. The lowest BCUT2D eigenvalue weighted by Gasteiger charge is -2.36. The van der Waals surface area contributed by atoms with Gasteiger partial charge in [0.05, 0.1) is 11.8 Å². The van der Waals surface area contributed by atoms with E-state index in [0.29, 0.717) is 24.9 Å². The second-order valence-electron chi connectivity index (χ2n) is 5.22. The van der Waals surface area contributed by atoms with Crippen LogP contribution in [0, 0.1) is 17.7 Å². The number of amides is 1. The van der Waals surface area contributed by atoms with Crippen LogP contribution in [0.2, 0.25) is 0 Å². The molecule has 1 amide bonds. The molecule has 0 radical (unpaired) electrons. The fourth-order valence-electron chi connectivity index (χ4n) is 2.54. The number of carboxylic acids is 1. The van der Waals surface area contributed by atoms with Crippen LogP contribution in [0.3, 0.4) is 0 Å². The van der Waals surface area contributed by atoms with E-state index in [9.17, 15) is 14.0 Å². The van der Waals surface area contributed by atoms with Crippen molar-refractivity contribution in [1.82, 2.24) is 4.90 Å². The molecule has 6 heteroatoms. The summed E-state index contributed by atoms with van der Waals surface area (Å²) in [5, 5.41) is 9.04. The Labute approximate surface area is 131 Å². The number of rotatable bonds is 5. The van der Waals surface area contributed by atoms with Gasteiger partial charge in [0.1, 0.15) is 5.82 Å². The Morgan fingerprint density at radius 1 is 1.38 bits per heavy atom. The fraction of sp³-hybridized carbons (Fsp3) is 0.467. The first-order valence-electron chi connectivity index (χ1n) is 6.89. The van der Waals surface area contributed by atoms with Crippen LogP contribution in [0.5, 0.6) is 0 Å². The molecule has 0 spiro atoms. The number of hydrogen-bond acceptors (Lipinski definition) is 2. The van der Waals surface area contributed by atoms with Gasteiger partial charge in [0.25, 0.3) is 0 Å². The number of aliphatic carboxylic acids is 1. The van der Waals surface area contributed by atoms with E-state index in [1.807, 2.05) is 6.92 Å². The highest BCUT2D eigenvalue weighted by molar-refractivity contribution is 9.10. The molecule has 0 saturated heterocycles. The molecule has 1 aromatic carbocycles.